The van der Waals surface area contributed by atoms with Crippen LogP contribution in [0.2, 0.25) is 0 Å². The van der Waals surface area contributed by atoms with Gasteiger partial charge in [0.2, 0.25) is 11.0 Å². The highest BCUT2D eigenvalue weighted by molar-refractivity contribution is 7.15. The van der Waals surface area contributed by atoms with Crippen LogP contribution in [0.1, 0.15) is 29.3 Å². The number of benzene rings is 1. The molecule has 1 fully saturated rings. The van der Waals surface area contributed by atoms with Gasteiger partial charge in [0.1, 0.15) is 5.01 Å². The summed E-state index contributed by atoms with van der Waals surface area (Å²) >= 11 is 1.48. The predicted octanol–water partition coefficient (Wildman–Crippen LogP) is 2.19. The fraction of sp³-hybridized carbons (Fsp3) is 0.400. The Balaban J connectivity index is 1.57. The van der Waals surface area contributed by atoms with E-state index < -0.39 is 0 Å². The smallest absolute Gasteiger partial charge is 0.230 e. The van der Waals surface area contributed by atoms with Gasteiger partial charge in [0.15, 0.2) is 0 Å². The Labute approximate surface area is 127 Å². The van der Waals surface area contributed by atoms with Crippen molar-refractivity contribution in [3.8, 4) is 0 Å². The highest BCUT2D eigenvalue weighted by Gasteiger charge is 2.19. The van der Waals surface area contributed by atoms with Crippen LogP contribution >= 0.6 is 11.3 Å². The zero-order chi connectivity index (χ0) is 14.5. The number of hydrogen-bond acceptors (Lipinski definition) is 5. The Bertz CT molecular complexity index is 593. The molecule has 1 aromatic heterocycles. The molecule has 2 aromatic rings. The third-order valence-electron chi connectivity index (χ3n) is 3.54. The van der Waals surface area contributed by atoms with Gasteiger partial charge in [-0.2, -0.15) is 0 Å². The second-order valence-electron chi connectivity index (χ2n) is 5.20. The van der Waals surface area contributed by atoms with Crippen molar-refractivity contribution in [1.82, 2.24) is 15.5 Å². The topological polar surface area (TPSA) is 66.9 Å². The van der Waals surface area contributed by atoms with Gasteiger partial charge in [-0.3, -0.25) is 4.79 Å². The first-order valence-corrected chi connectivity index (χ1v) is 8.01. The Morgan fingerprint density at radius 2 is 2.19 bits per heavy atom. The number of aromatic nitrogens is 2. The zero-order valence-corrected chi connectivity index (χ0v) is 12.5. The Hall–Kier alpha value is -1.79. The largest absolute Gasteiger partial charge is 0.316 e. The van der Waals surface area contributed by atoms with Crippen molar-refractivity contribution >= 4 is 22.4 Å². The van der Waals surface area contributed by atoms with Crippen LogP contribution in [-0.4, -0.2) is 29.2 Å². The van der Waals surface area contributed by atoms with Gasteiger partial charge in [-0.25, -0.2) is 0 Å². The van der Waals surface area contributed by atoms with Gasteiger partial charge in [0.05, 0.1) is 6.42 Å². The van der Waals surface area contributed by atoms with Crippen LogP contribution < -0.4 is 10.6 Å². The molecule has 1 atom stereocenters. The fourth-order valence-electron chi connectivity index (χ4n) is 2.46. The van der Waals surface area contributed by atoms with Crippen molar-refractivity contribution in [2.75, 3.05) is 18.4 Å². The van der Waals surface area contributed by atoms with Crippen LogP contribution in [0.3, 0.4) is 0 Å². The molecule has 110 valence electrons. The maximum absolute atomic E-state index is 12.0. The second-order valence-corrected chi connectivity index (χ2v) is 6.21. The fourth-order valence-corrected chi connectivity index (χ4v) is 3.35. The molecular weight excluding hydrogens is 284 g/mol. The van der Waals surface area contributed by atoms with Gasteiger partial charge in [-0.05, 0) is 24.9 Å². The summed E-state index contributed by atoms with van der Waals surface area (Å²) in [6.45, 7) is 2.03. The molecular formula is C15H18N4OS. The Morgan fingerprint density at radius 3 is 2.95 bits per heavy atom. The van der Waals surface area contributed by atoms with Gasteiger partial charge in [0.25, 0.3) is 0 Å². The summed E-state index contributed by atoms with van der Waals surface area (Å²) in [5.41, 5.74) is 0.996. The van der Waals surface area contributed by atoms with E-state index in [0.717, 1.165) is 30.1 Å². The lowest BCUT2D eigenvalue weighted by Crippen LogP contribution is -2.28. The SMILES string of the molecule is O=C(Cc1ccccc1)Nc1nnc(C2CCCNC2)s1. The average molecular weight is 302 g/mol. The third-order valence-corrected chi connectivity index (χ3v) is 4.54. The summed E-state index contributed by atoms with van der Waals surface area (Å²) in [7, 11) is 0. The summed E-state index contributed by atoms with van der Waals surface area (Å²) in [5, 5.41) is 16.1. The maximum atomic E-state index is 12.0. The third kappa shape index (κ3) is 3.86. The second kappa shape index (κ2) is 6.78. The average Bonchev–Trinajstić information content (AvgIpc) is 2.97. The molecule has 2 heterocycles. The van der Waals surface area contributed by atoms with E-state index in [1.807, 2.05) is 30.3 Å². The molecule has 21 heavy (non-hydrogen) atoms. The van der Waals surface area contributed by atoms with Gasteiger partial charge in [-0.1, -0.05) is 41.7 Å². The van der Waals surface area contributed by atoms with Crippen molar-refractivity contribution in [2.24, 2.45) is 0 Å². The lowest BCUT2D eigenvalue weighted by Gasteiger charge is -2.19. The maximum Gasteiger partial charge on any atom is 0.230 e. The molecule has 2 N–H and O–H groups in total. The molecule has 0 saturated carbocycles. The lowest BCUT2D eigenvalue weighted by molar-refractivity contribution is -0.115. The van der Waals surface area contributed by atoms with Crippen molar-refractivity contribution in [2.45, 2.75) is 25.2 Å². The van der Waals surface area contributed by atoms with E-state index in [1.165, 1.54) is 17.8 Å². The number of carbonyl (C=O) groups excluding carboxylic acids is 1. The number of rotatable bonds is 4. The zero-order valence-electron chi connectivity index (χ0n) is 11.7. The lowest BCUT2D eigenvalue weighted by atomic mass is 10.0. The monoisotopic (exact) mass is 302 g/mol. The summed E-state index contributed by atoms with van der Waals surface area (Å²) in [4.78, 5) is 12.0. The van der Waals surface area contributed by atoms with Crippen molar-refractivity contribution < 1.29 is 4.79 Å². The van der Waals surface area contributed by atoms with Gasteiger partial charge in [-0.15, -0.1) is 10.2 Å². The number of hydrogen-bond donors (Lipinski definition) is 2. The minimum Gasteiger partial charge on any atom is -0.316 e. The molecule has 1 saturated heterocycles. The molecule has 6 heteroatoms. The molecule has 1 amide bonds. The first-order valence-electron chi connectivity index (χ1n) is 7.19. The number of anilines is 1. The standard InChI is InChI=1S/C15H18N4OS/c20-13(9-11-5-2-1-3-6-11)17-15-19-18-14(21-15)12-7-4-8-16-10-12/h1-3,5-6,12,16H,4,7-10H2,(H,17,19,20). The van der Waals surface area contributed by atoms with Crippen molar-refractivity contribution in [3.05, 3.63) is 40.9 Å². The van der Waals surface area contributed by atoms with Gasteiger partial charge < -0.3 is 10.6 Å². The number of nitrogens with one attached hydrogen (secondary N) is 2. The molecule has 0 aliphatic carbocycles. The van der Waals surface area contributed by atoms with E-state index in [4.69, 9.17) is 0 Å². The molecule has 0 radical (unpaired) electrons. The highest BCUT2D eigenvalue weighted by Crippen LogP contribution is 2.28. The summed E-state index contributed by atoms with van der Waals surface area (Å²) < 4.78 is 0. The van der Waals surface area contributed by atoms with E-state index in [0.29, 0.717) is 17.5 Å². The van der Waals surface area contributed by atoms with E-state index in [1.54, 1.807) is 0 Å². The van der Waals surface area contributed by atoms with Crippen LogP contribution in [0.4, 0.5) is 5.13 Å². The molecule has 0 spiro atoms. The molecule has 1 aliphatic heterocycles. The predicted molar refractivity (Wildman–Crippen MR) is 83.5 cm³/mol. The normalized spacial score (nSPS) is 18.4. The minimum atomic E-state index is -0.0503. The van der Waals surface area contributed by atoms with Crippen molar-refractivity contribution in [1.29, 1.82) is 0 Å². The first-order chi connectivity index (χ1) is 10.3. The molecule has 1 aromatic carbocycles. The number of amides is 1. The minimum absolute atomic E-state index is 0.0503. The number of piperidine rings is 1. The quantitative estimate of drug-likeness (QED) is 0.908. The number of nitrogens with zero attached hydrogens (tertiary/aromatic N) is 2. The summed E-state index contributed by atoms with van der Waals surface area (Å²) in [6, 6.07) is 9.69. The Morgan fingerprint density at radius 1 is 1.33 bits per heavy atom. The Kier molecular flexibility index (Phi) is 4.57. The number of carbonyl (C=O) groups is 1. The molecule has 1 unspecified atom stereocenters. The van der Waals surface area contributed by atoms with Crippen molar-refractivity contribution in [3.63, 3.8) is 0 Å². The van der Waals surface area contributed by atoms with E-state index in [-0.39, 0.29) is 5.91 Å². The molecule has 1 aliphatic rings. The van der Waals surface area contributed by atoms with Crippen LogP contribution in [0.25, 0.3) is 0 Å². The van der Waals surface area contributed by atoms with E-state index >= 15 is 0 Å². The van der Waals surface area contributed by atoms with Crippen LogP contribution in [0, 0.1) is 0 Å². The van der Waals surface area contributed by atoms with Gasteiger partial charge >= 0.3 is 0 Å². The first kappa shape index (κ1) is 14.2. The summed E-state index contributed by atoms with van der Waals surface area (Å²) in [6.07, 6.45) is 2.67. The summed E-state index contributed by atoms with van der Waals surface area (Å²) in [5.74, 6) is 0.377. The van der Waals surface area contributed by atoms with Gasteiger partial charge in [0, 0.05) is 12.5 Å². The van der Waals surface area contributed by atoms with Crippen LogP contribution in [0.15, 0.2) is 30.3 Å². The molecule has 5 nitrogen and oxygen atoms in total. The molecule has 3 rings (SSSR count). The van der Waals surface area contributed by atoms with E-state index in [2.05, 4.69) is 20.8 Å². The van der Waals surface area contributed by atoms with E-state index in [9.17, 15) is 4.79 Å². The highest BCUT2D eigenvalue weighted by atomic mass is 32.1. The van der Waals surface area contributed by atoms with Crippen LogP contribution in [0.5, 0.6) is 0 Å². The molecule has 0 bridgehead atoms. The van der Waals surface area contributed by atoms with Crippen LogP contribution in [-0.2, 0) is 11.2 Å².